The maximum absolute atomic E-state index is 14.2. The highest BCUT2D eigenvalue weighted by Crippen LogP contribution is 2.30. The summed E-state index contributed by atoms with van der Waals surface area (Å²) in [5.74, 6) is -0.186. The van der Waals surface area contributed by atoms with Crippen molar-refractivity contribution < 1.29 is 9.18 Å². The van der Waals surface area contributed by atoms with E-state index < -0.39 is 5.41 Å². The van der Waals surface area contributed by atoms with E-state index in [2.05, 4.69) is 19.7 Å². The molecule has 112 valence electrons. The van der Waals surface area contributed by atoms with Gasteiger partial charge in [-0.2, -0.15) is 0 Å². The van der Waals surface area contributed by atoms with Gasteiger partial charge in [0.05, 0.1) is 0 Å². The number of hydrogen-bond donors (Lipinski definition) is 0. The fourth-order valence-corrected chi connectivity index (χ4v) is 1.89. The summed E-state index contributed by atoms with van der Waals surface area (Å²) in [6, 6.07) is 4.97. The van der Waals surface area contributed by atoms with Crippen molar-refractivity contribution in [3.63, 3.8) is 0 Å². The second-order valence-corrected chi connectivity index (χ2v) is 5.97. The first-order valence-corrected chi connectivity index (χ1v) is 6.99. The lowest BCUT2D eigenvalue weighted by Gasteiger charge is -2.21. The van der Waals surface area contributed by atoms with Crippen LogP contribution >= 0.6 is 0 Å². The first-order valence-electron chi connectivity index (χ1n) is 6.99. The number of rotatable bonds is 7. The molecule has 1 nitrogen and oxygen atoms in total. The van der Waals surface area contributed by atoms with Gasteiger partial charge in [0.15, 0.2) is 0 Å². The Labute approximate surface area is 126 Å². The lowest BCUT2D eigenvalue weighted by molar-refractivity contribution is -0.125. The molecule has 0 aliphatic heterocycles. The molecule has 0 atom stereocenters. The standard InChI is InChI=1S/C19H23FO/c1-7-13(2)16-8-9-17(18(20)12-16)14(3)10-11-19(5,6)15(4)21/h7-9,12H,1-3,10-11H2,4-6H3. The van der Waals surface area contributed by atoms with E-state index in [9.17, 15) is 9.18 Å². The van der Waals surface area contributed by atoms with Gasteiger partial charge in [-0.1, -0.05) is 51.8 Å². The van der Waals surface area contributed by atoms with Gasteiger partial charge in [-0.25, -0.2) is 4.39 Å². The van der Waals surface area contributed by atoms with Crippen molar-refractivity contribution in [1.29, 1.82) is 0 Å². The number of benzene rings is 1. The average molecular weight is 286 g/mol. The van der Waals surface area contributed by atoms with Gasteiger partial charge in [0, 0.05) is 11.0 Å². The van der Waals surface area contributed by atoms with Gasteiger partial charge in [0.1, 0.15) is 11.6 Å². The van der Waals surface area contributed by atoms with Crippen LogP contribution in [0.4, 0.5) is 4.39 Å². The summed E-state index contributed by atoms with van der Waals surface area (Å²) >= 11 is 0. The zero-order valence-electron chi connectivity index (χ0n) is 13.1. The monoisotopic (exact) mass is 286 g/mol. The van der Waals surface area contributed by atoms with Gasteiger partial charge < -0.3 is 0 Å². The van der Waals surface area contributed by atoms with Crippen molar-refractivity contribution in [2.45, 2.75) is 33.6 Å². The number of hydrogen-bond acceptors (Lipinski definition) is 1. The molecular weight excluding hydrogens is 263 g/mol. The third-order valence-corrected chi connectivity index (χ3v) is 3.97. The molecule has 0 aromatic heterocycles. The highest BCUT2D eigenvalue weighted by atomic mass is 19.1. The van der Waals surface area contributed by atoms with Gasteiger partial charge >= 0.3 is 0 Å². The lowest BCUT2D eigenvalue weighted by atomic mass is 9.82. The van der Waals surface area contributed by atoms with Gasteiger partial charge in [-0.15, -0.1) is 0 Å². The fourth-order valence-electron chi connectivity index (χ4n) is 1.89. The molecule has 0 saturated heterocycles. The molecule has 0 fully saturated rings. The van der Waals surface area contributed by atoms with Crippen LogP contribution in [0.25, 0.3) is 11.1 Å². The van der Waals surface area contributed by atoms with E-state index in [1.54, 1.807) is 19.1 Å². The molecule has 1 rings (SSSR count). The number of halogens is 1. The zero-order chi connectivity index (χ0) is 16.2. The molecule has 1 aromatic carbocycles. The number of ketones is 1. The minimum atomic E-state index is -0.406. The van der Waals surface area contributed by atoms with Crippen LogP contribution in [0.1, 0.15) is 44.7 Å². The van der Waals surface area contributed by atoms with Crippen molar-refractivity contribution in [2.75, 3.05) is 0 Å². The van der Waals surface area contributed by atoms with Gasteiger partial charge in [0.2, 0.25) is 0 Å². The Hall–Kier alpha value is -1.96. The van der Waals surface area contributed by atoms with Crippen molar-refractivity contribution in [2.24, 2.45) is 5.41 Å². The summed E-state index contributed by atoms with van der Waals surface area (Å²) < 4.78 is 14.2. The van der Waals surface area contributed by atoms with Crippen molar-refractivity contribution in [1.82, 2.24) is 0 Å². The summed E-state index contributed by atoms with van der Waals surface area (Å²) in [6.45, 7) is 16.8. The summed E-state index contributed by atoms with van der Waals surface area (Å²) in [7, 11) is 0. The van der Waals surface area contributed by atoms with E-state index in [4.69, 9.17) is 0 Å². The molecule has 0 heterocycles. The predicted octanol–water partition coefficient (Wildman–Crippen LogP) is 5.43. The Balaban J connectivity index is 2.87. The van der Waals surface area contributed by atoms with Gasteiger partial charge in [0.25, 0.3) is 0 Å². The fraction of sp³-hybridized carbons (Fsp3) is 0.316. The summed E-state index contributed by atoms with van der Waals surface area (Å²) in [5, 5.41) is 0. The quantitative estimate of drug-likeness (QED) is 0.610. The molecule has 0 radical (unpaired) electrons. The van der Waals surface area contributed by atoms with Crippen molar-refractivity contribution >= 4 is 16.9 Å². The van der Waals surface area contributed by atoms with Crippen LogP contribution < -0.4 is 0 Å². The average Bonchev–Trinajstić information content (AvgIpc) is 2.43. The Morgan fingerprint density at radius 2 is 1.95 bits per heavy atom. The third-order valence-electron chi connectivity index (χ3n) is 3.97. The molecule has 21 heavy (non-hydrogen) atoms. The smallest absolute Gasteiger partial charge is 0.135 e. The van der Waals surface area contributed by atoms with Crippen molar-refractivity contribution in [3.05, 3.63) is 61.0 Å². The zero-order valence-corrected chi connectivity index (χ0v) is 13.1. The van der Waals surface area contributed by atoms with Crippen LogP contribution in [0.3, 0.4) is 0 Å². The van der Waals surface area contributed by atoms with Gasteiger partial charge in [-0.05, 0) is 42.5 Å². The third kappa shape index (κ3) is 4.25. The first-order chi connectivity index (χ1) is 9.69. The van der Waals surface area contributed by atoms with Crippen LogP contribution in [0, 0.1) is 11.2 Å². The molecule has 0 N–H and O–H groups in total. The molecular formula is C19H23FO. The topological polar surface area (TPSA) is 17.1 Å². The molecule has 2 heteroatoms. The largest absolute Gasteiger partial charge is 0.299 e. The molecule has 0 aliphatic rings. The Morgan fingerprint density at radius 3 is 2.43 bits per heavy atom. The van der Waals surface area contributed by atoms with Crippen LogP contribution in [-0.4, -0.2) is 5.78 Å². The number of carbonyl (C=O) groups is 1. The van der Waals surface area contributed by atoms with E-state index in [-0.39, 0.29) is 11.6 Å². The minimum Gasteiger partial charge on any atom is -0.299 e. The Morgan fingerprint density at radius 1 is 1.33 bits per heavy atom. The van der Waals surface area contributed by atoms with E-state index in [1.807, 2.05) is 19.9 Å². The van der Waals surface area contributed by atoms with Crippen LogP contribution in [0.2, 0.25) is 0 Å². The predicted molar refractivity (Wildman–Crippen MR) is 88.4 cm³/mol. The molecule has 1 aromatic rings. The number of Topliss-reactive ketones (excluding diaryl/α,β-unsaturated/α-hetero) is 1. The first kappa shape index (κ1) is 17.1. The molecule has 0 aliphatic carbocycles. The second kappa shape index (κ2) is 6.66. The Kier molecular flexibility index (Phi) is 5.42. The Bertz CT molecular complexity index is 594. The molecule has 0 amide bonds. The second-order valence-electron chi connectivity index (χ2n) is 5.97. The number of allylic oxidation sites excluding steroid dienone is 3. The van der Waals surface area contributed by atoms with Crippen molar-refractivity contribution in [3.8, 4) is 0 Å². The van der Waals surface area contributed by atoms with Crippen LogP contribution in [0.5, 0.6) is 0 Å². The maximum atomic E-state index is 14.2. The lowest BCUT2D eigenvalue weighted by Crippen LogP contribution is -2.21. The molecule has 0 unspecified atom stereocenters. The molecule has 0 bridgehead atoms. The van der Waals surface area contributed by atoms with Crippen LogP contribution in [0.15, 0.2) is 44.0 Å². The normalized spacial score (nSPS) is 11.0. The summed E-state index contributed by atoms with van der Waals surface area (Å²) in [5.41, 5.74) is 2.19. The van der Waals surface area contributed by atoms with E-state index in [0.717, 1.165) is 0 Å². The minimum absolute atomic E-state index is 0.133. The summed E-state index contributed by atoms with van der Waals surface area (Å²) in [4.78, 5) is 11.5. The van der Waals surface area contributed by atoms with Gasteiger partial charge in [-0.3, -0.25) is 4.79 Å². The summed E-state index contributed by atoms with van der Waals surface area (Å²) in [6.07, 6.45) is 2.84. The van der Waals surface area contributed by atoms with E-state index in [1.165, 1.54) is 6.07 Å². The highest BCUT2D eigenvalue weighted by Gasteiger charge is 2.23. The maximum Gasteiger partial charge on any atom is 0.135 e. The number of carbonyl (C=O) groups excluding carboxylic acids is 1. The SMILES string of the molecule is C=CC(=C)c1ccc(C(=C)CCC(C)(C)C(C)=O)c(F)c1. The van der Waals surface area contributed by atoms with Crippen LogP contribution in [-0.2, 0) is 4.79 Å². The highest BCUT2D eigenvalue weighted by molar-refractivity contribution is 5.81. The van der Waals surface area contributed by atoms with E-state index in [0.29, 0.717) is 35.1 Å². The molecule has 0 saturated carbocycles. The van der Waals surface area contributed by atoms with E-state index >= 15 is 0 Å². The molecule has 0 spiro atoms.